The Bertz CT molecular complexity index is 449. The van der Waals surface area contributed by atoms with Gasteiger partial charge < -0.3 is 15.5 Å². The van der Waals surface area contributed by atoms with Crippen LogP contribution in [0.4, 0.5) is 0 Å². The Morgan fingerprint density at radius 3 is 2.52 bits per heavy atom. The Hall–Kier alpha value is -1.26. The van der Waals surface area contributed by atoms with Gasteiger partial charge in [-0.2, -0.15) is 0 Å². The molecule has 5 heteroatoms. The van der Waals surface area contributed by atoms with Crippen LogP contribution < -0.4 is 10.6 Å². The maximum atomic E-state index is 12.7. The molecule has 25 heavy (non-hydrogen) atoms. The topological polar surface area (TPSA) is 56.7 Å². The lowest BCUT2D eigenvalue weighted by Gasteiger charge is -2.26. The van der Waals surface area contributed by atoms with Gasteiger partial charge in [-0.1, -0.05) is 40.0 Å². The van der Waals surface area contributed by atoms with Crippen LogP contribution in [0.25, 0.3) is 0 Å². The molecule has 1 saturated heterocycles. The molecule has 0 bridgehead atoms. The highest BCUT2D eigenvalue weighted by atomic mass is 16.2. The lowest BCUT2D eigenvalue weighted by atomic mass is 9.88. The lowest BCUT2D eigenvalue weighted by molar-refractivity contribution is -0.135. The van der Waals surface area contributed by atoms with E-state index < -0.39 is 0 Å². The second-order valence-corrected chi connectivity index (χ2v) is 8.91. The Balaban J connectivity index is 1.70. The van der Waals surface area contributed by atoms with Gasteiger partial charge in [-0.05, 0) is 37.5 Å². The SMILES string of the molecule is CN=C(NCCCC(C)(C)C)NC1CCN(C(=O)C2CCCCC2)C1. The van der Waals surface area contributed by atoms with Gasteiger partial charge in [-0.3, -0.25) is 9.79 Å². The molecule has 5 nitrogen and oxygen atoms in total. The van der Waals surface area contributed by atoms with Crippen LogP contribution in [0.1, 0.15) is 72.1 Å². The van der Waals surface area contributed by atoms with Crippen LogP contribution in [0.3, 0.4) is 0 Å². The van der Waals surface area contributed by atoms with E-state index in [9.17, 15) is 4.79 Å². The highest BCUT2D eigenvalue weighted by Gasteiger charge is 2.31. The highest BCUT2D eigenvalue weighted by molar-refractivity contribution is 5.81. The van der Waals surface area contributed by atoms with Crippen molar-refractivity contribution in [2.75, 3.05) is 26.7 Å². The van der Waals surface area contributed by atoms with E-state index in [1.807, 2.05) is 7.05 Å². The van der Waals surface area contributed by atoms with Crippen molar-refractivity contribution in [3.8, 4) is 0 Å². The van der Waals surface area contributed by atoms with Gasteiger partial charge in [0.1, 0.15) is 0 Å². The molecular weight excluding hydrogens is 312 g/mol. The van der Waals surface area contributed by atoms with Crippen molar-refractivity contribution in [2.45, 2.75) is 78.2 Å². The molecule has 0 aromatic carbocycles. The van der Waals surface area contributed by atoms with Gasteiger partial charge in [0.25, 0.3) is 0 Å². The summed E-state index contributed by atoms with van der Waals surface area (Å²) in [6.45, 7) is 9.46. The predicted molar refractivity (Wildman–Crippen MR) is 105 cm³/mol. The lowest BCUT2D eigenvalue weighted by Crippen LogP contribution is -2.45. The van der Waals surface area contributed by atoms with Gasteiger partial charge >= 0.3 is 0 Å². The molecule has 0 spiro atoms. The minimum absolute atomic E-state index is 0.280. The quantitative estimate of drug-likeness (QED) is 0.455. The Labute approximate surface area is 154 Å². The van der Waals surface area contributed by atoms with Gasteiger partial charge in [0.05, 0.1) is 0 Å². The van der Waals surface area contributed by atoms with Crippen molar-refractivity contribution < 1.29 is 4.79 Å². The van der Waals surface area contributed by atoms with Gasteiger partial charge in [0.2, 0.25) is 5.91 Å². The number of hydrogen-bond acceptors (Lipinski definition) is 2. The zero-order valence-electron chi connectivity index (χ0n) is 16.7. The molecule has 1 amide bonds. The molecule has 0 aromatic heterocycles. The van der Waals surface area contributed by atoms with E-state index in [1.54, 1.807) is 0 Å². The smallest absolute Gasteiger partial charge is 0.225 e. The van der Waals surface area contributed by atoms with Crippen LogP contribution in [-0.2, 0) is 4.79 Å². The van der Waals surface area contributed by atoms with E-state index in [0.717, 1.165) is 51.3 Å². The fourth-order valence-corrected chi connectivity index (χ4v) is 3.90. The minimum atomic E-state index is 0.280. The van der Waals surface area contributed by atoms with Crippen LogP contribution in [0.2, 0.25) is 0 Å². The zero-order valence-corrected chi connectivity index (χ0v) is 16.7. The van der Waals surface area contributed by atoms with Crippen molar-refractivity contribution >= 4 is 11.9 Å². The third kappa shape index (κ3) is 6.87. The van der Waals surface area contributed by atoms with Crippen LogP contribution in [-0.4, -0.2) is 49.5 Å². The molecule has 2 N–H and O–H groups in total. The Morgan fingerprint density at radius 1 is 1.16 bits per heavy atom. The molecule has 1 heterocycles. The molecule has 0 radical (unpaired) electrons. The van der Waals surface area contributed by atoms with Crippen molar-refractivity contribution in [2.24, 2.45) is 16.3 Å². The summed E-state index contributed by atoms with van der Waals surface area (Å²) in [5, 5.41) is 6.91. The molecule has 2 rings (SSSR count). The summed E-state index contributed by atoms with van der Waals surface area (Å²) in [5.74, 6) is 1.53. The summed E-state index contributed by atoms with van der Waals surface area (Å²) in [6, 6.07) is 0.321. The van der Waals surface area contributed by atoms with E-state index in [2.05, 4.69) is 41.3 Å². The largest absolute Gasteiger partial charge is 0.356 e. The fourth-order valence-electron chi connectivity index (χ4n) is 3.90. The maximum Gasteiger partial charge on any atom is 0.225 e. The van der Waals surface area contributed by atoms with E-state index in [0.29, 0.717) is 17.4 Å². The van der Waals surface area contributed by atoms with E-state index in [4.69, 9.17) is 0 Å². The van der Waals surface area contributed by atoms with Crippen LogP contribution in [0.15, 0.2) is 4.99 Å². The number of amides is 1. The fraction of sp³-hybridized carbons (Fsp3) is 0.900. The summed E-state index contributed by atoms with van der Waals surface area (Å²) in [5.41, 5.74) is 0.379. The first-order valence-corrected chi connectivity index (χ1v) is 10.1. The average Bonchev–Trinajstić information content (AvgIpc) is 3.05. The maximum absolute atomic E-state index is 12.7. The molecule has 2 fully saturated rings. The van der Waals surface area contributed by atoms with Gasteiger partial charge in [-0.15, -0.1) is 0 Å². The molecule has 1 unspecified atom stereocenters. The summed E-state index contributed by atoms with van der Waals surface area (Å²) < 4.78 is 0. The molecule has 1 saturated carbocycles. The zero-order chi connectivity index (χ0) is 18.3. The van der Waals surface area contributed by atoms with Gasteiger partial charge in [-0.25, -0.2) is 0 Å². The molecule has 2 aliphatic rings. The van der Waals surface area contributed by atoms with E-state index >= 15 is 0 Å². The second kappa shape index (κ2) is 9.44. The number of aliphatic imine (C=N–C) groups is 1. The van der Waals surface area contributed by atoms with Crippen molar-refractivity contribution in [1.29, 1.82) is 0 Å². The van der Waals surface area contributed by atoms with Crippen LogP contribution in [0.5, 0.6) is 0 Å². The number of rotatable bonds is 5. The minimum Gasteiger partial charge on any atom is -0.356 e. The number of nitrogens with zero attached hydrogens (tertiary/aromatic N) is 2. The number of nitrogens with one attached hydrogen (secondary N) is 2. The first-order chi connectivity index (χ1) is 11.9. The Kier molecular flexibility index (Phi) is 7.57. The number of carbonyl (C=O) groups is 1. The summed E-state index contributed by atoms with van der Waals surface area (Å²) in [6.07, 6.45) is 9.26. The normalized spacial score (nSPS) is 23.0. The number of guanidine groups is 1. The third-order valence-electron chi connectivity index (χ3n) is 5.41. The number of likely N-dealkylation sites (tertiary alicyclic amines) is 1. The Morgan fingerprint density at radius 2 is 1.88 bits per heavy atom. The molecule has 1 aliphatic heterocycles. The summed E-state index contributed by atoms with van der Waals surface area (Å²) in [4.78, 5) is 19.1. The highest BCUT2D eigenvalue weighted by Crippen LogP contribution is 2.26. The molecule has 144 valence electrons. The van der Waals surface area contributed by atoms with Crippen LogP contribution >= 0.6 is 0 Å². The van der Waals surface area contributed by atoms with Crippen molar-refractivity contribution in [3.05, 3.63) is 0 Å². The average molecular weight is 351 g/mol. The van der Waals surface area contributed by atoms with Crippen molar-refractivity contribution in [3.63, 3.8) is 0 Å². The summed E-state index contributed by atoms with van der Waals surface area (Å²) >= 11 is 0. The molecule has 1 atom stereocenters. The predicted octanol–water partition coefficient (Wildman–Crippen LogP) is 3.16. The van der Waals surface area contributed by atoms with E-state index in [-0.39, 0.29) is 5.92 Å². The van der Waals surface area contributed by atoms with Gasteiger partial charge in [0.15, 0.2) is 5.96 Å². The van der Waals surface area contributed by atoms with Crippen molar-refractivity contribution in [1.82, 2.24) is 15.5 Å². The monoisotopic (exact) mass is 350 g/mol. The third-order valence-corrected chi connectivity index (χ3v) is 5.41. The second-order valence-electron chi connectivity index (χ2n) is 8.91. The first-order valence-electron chi connectivity index (χ1n) is 10.1. The number of carbonyl (C=O) groups excluding carboxylic acids is 1. The van der Waals surface area contributed by atoms with Crippen LogP contribution in [0, 0.1) is 11.3 Å². The molecule has 1 aliphatic carbocycles. The summed E-state index contributed by atoms with van der Waals surface area (Å²) in [7, 11) is 1.82. The molecular formula is C20H38N4O. The molecule has 0 aromatic rings. The van der Waals surface area contributed by atoms with Gasteiger partial charge in [0, 0.05) is 38.6 Å². The van der Waals surface area contributed by atoms with E-state index in [1.165, 1.54) is 25.7 Å². The standard InChI is InChI=1S/C20H38N4O/c1-20(2,3)12-8-13-22-19(21-4)23-17-11-14-24(15-17)18(25)16-9-6-5-7-10-16/h16-17H,5-15H2,1-4H3,(H2,21,22,23). The first kappa shape index (κ1) is 20.1. The number of hydrogen-bond donors (Lipinski definition) is 2.